The van der Waals surface area contributed by atoms with Crippen LogP contribution in [-0.2, 0) is 0 Å². The van der Waals surface area contributed by atoms with Crippen LogP contribution in [0, 0.1) is 0 Å². The largest absolute Gasteiger partial charge is 0.478 e. The third-order valence-electron chi connectivity index (χ3n) is 3.81. The van der Waals surface area contributed by atoms with Gasteiger partial charge < -0.3 is 15.0 Å². The maximum atomic E-state index is 12.9. The average molecular weight is 353 g/mol. The summed E-state index contributed by atoms with van der Waals surface area (Å²) in [5, 5.41) is 3.24. The predicted molar refractivity (Wildman–Crippen MR) is 102 cm³/mol. The lowest BCUT2D eigenvalue weighted by Crippen LogP contribution is -2.34. The fourth-order valence-corrected chi connectivity index (χ4v) is 2.46. The molecule has 5 nitrogen and oxygen atoms in total. The number of nitrogens with one attached hydrogen (secondary N) is 1. The number of benzene rings is 1. The molecule has 136 valence electrons. The van der Waals surface area contributed by atoms with Crippen LogP contribution in [0.3, 0.4) is 0 Å². The van der Waals surface area contributed by atoms with Gasteiger partial charge in [-0.25, -0.2) is 4.98 Å². The van der Waals surface area contributed by atoms with Gasteiger partial charge in [0.05, 0.1) is 20.4 Å². The highest BCUT2D eigenvalue weighted by atomic mass is 16.5. The number of fused-ring (bicyclic) bond motifs is 1. The molecule has 1 amide bonds. The molecule has 0 radical (unpaired) electrons. The number of hydrogen-bond acceptors (Lipinski definition) is 4. The highest BCUT2D eigenvalue weighted by Gasteiger charge is 2.13. The van der Waals surface area contributed by atoms with E-state index in [0.717, 1.165) is 19.2 Å². The summed E-state index contributed by atoms with van der Waals surface area (Å²) in [5.74, 6) is -0.959. The monoisotopic (exact) mass is 352 g/mol. The maximum absolute atomic E-state index is 12.9. The number of para-hydroxylation sites is 1. The minimum atomic E-state index is -3.59. The van der Waals surface area contributed by atoms with Crippen LogP contribution >= 0.6 is 0 Å². The summed E-state index contributed by atoms with van der Waals surface area (Å²) in [4.78, 5) is 19.1. The first-order chi connectivity index (χ1) is 15.6. The van der Waals surface area contributed by atoms with E-state index in [1.807, 2.05) is 13.8 Å². The van der Waals surface area contributed by atoms with E-state index in [9.17, 15) is 4.79 Å². The summed E-state index contributed by atoms with van der Waals surface area (Å²) in [5.41, 5.74) is 0.374. The zero-order valence-corrected chi connectivity index (χ0v) is 14.4. The van der Waals surface area contributed by atoms with Gasteiger partial charge in [0.25, 0.3) is 5.91 Å². The molecule has 5 heteroatoms. The molecule has 0 aliphatic carbocycles. The Balaban J connectivity index is 2.40. The standard InChI is InChI=1S/C20H29N3O2/c1-4-7-14-25-19-15-17(16-10-8-9-11-18(16)22-19)20(24)21-12-13-23(5-2)6-3/h8-11,15H,4-7,12-14H2,1-3H3,(H,21,24)/i1D3,4D2,7D2,14D2. The number of carbonyl (C=O) groups excluding carboxylic acids is 1. The van der Waals surface area contributed by atoms with E-state index < -0.39 is 37.9 Å². The van der Waals surface area contributed by atoms with Crippen LogP contribution in [0.15, 0.2) is 30.3 Å². The van der Waals surface area contributed by atoms with Crippen LogP contribution in [0.25, 0.3) is 10.9 Å². The van der Waals surface area contributed by atoms with Crippen LogP contribution in [0.4, 0.5) is 0 Å². The van der Waals surface area contributed by atoms with Crippen molar-refractivity contribution in [2.75, 3.05) is 32.7 Å². The Bertz CT molecular complexity index is 1010. The molecule has 2 aromatic rings. The van der Waals surface area contributed by atoms with E-state index in [1.165, 1.54) is 0 Å². The van der Waals surface area contributed by atoms with Crippen LogP contribution in [-0.4, -0.2) is 48.5 Å². The van der Waals surface area contributed by atoms with Gasteiger partial charge in [0.2, 0.25) is 5.88 Å². The van der Waals surface area contributed by atoms with Crippen molar-refractivity contribution in [1.82, 2.24) is 15.2 Å². The molecule has 0 saturated carbocycles. The lowest BCUT2D eigenvalue weighted by Gasteiger charge is -2.18. The molecular formula is C20H29N3O2. The Morgan fingerprint density at radius 3 is 2.92 bits per heavy atom. The minimum absolute atomic E-state index is 0.107. The average Bonchev–Trinajstić information content (AvgIpc) is 2.74. The van der Waals surface area contributed by atoms with Crippen LogP contribution in [0.1, 0.15) is 56.1 Å². The van der Waals surface area contributed by atoms with Gasteiger partial charge in [-0.05, 0) is 25.5 Å². The van der Waals surface area contributed by atoms with E-state index in [0.29, 0.717) is 18.5 Å². The molecule has 1 aromatic carbocycles. The number of hydrogen-bond donors (Lipinski definition) is 1. The number of rotatable bonds is 10. The first-order valence-electron chi connectivity index (χ1n) is 12.7. The SMILES string of the molecule is [2H]C([2H])([2H])C([2H])([2H])C([2H])([2H])C([2H])([2H])Oc1cc(C(=O)NCCN(CC)CC)c2ccccc2n1. The zero-order chi connectivity index (χ0) is 25.9. The number of aromatic nitrogens is 1. The van der Waals surface area contributed by atoms with E-state index >= 15 is 0 Å². The highest BCUT2D eigenvalue weighted by molar-refractivity contribution is 6.06. The third kappa shape index (κ3) is 5.43. The molecule has 25 heavy (non-hydrogen) atoms. The Morgan fingerprint density at radius 1 is 1.36 bits per heavy atom. The number of pyridine rings is 1. The summed E-state index contributed by atoms with van der Waals surface area (Å²) >= 11 is 0. The quantitative estimate of drug-likeness (QED) is 0.711. The summed E-state index contributed by atoms with van der Waals surface area (Å²) in [6.45, 7) is -0.254. The molecule has 0 aliphatic rings. The molecule has 1 heterocycles. The van der Waals surface area contributed by atoms with E-state index in [-0.39, 0.29) is 11.1 Å². The summed E-state index contributed by atoms with van der Waals surface area (Å²) in [6, 6.07) is 7.67. The second-order valence-corrected chi connectivity index (χ2v) is 5.26. The van der Waals surface area contributed by atoms with Crippen LogP contribution in [0.2, 0.25) is 0 Å². The van der Waals surface area contributed by atoms with Gasteiger partial charge in [-0.2, -0.15) is 0 Å². The smallest absolute Gasteiger partial charge is 0.252 e. The van der Waals surface area contributed by atoms with Crippen LogP contribution in [0.5, 0.6) is 5.88 Å². The number of ether oxygens (including phenoxy) is 1. The third-order valence-corrected chi connectivity index (χ3v) is 3.81. The predicted octanol–water partition coefficient (Wildman–Crippen LogP) is 3.49. The molecule has 0 fully saturated rings. The molecule has 1 N–H and O–H groups in total. The van der Waals surface area contributed by atoms with Gasteiger partial charge >= 0.3 is 0 Å². The van der Waals surface area contributed by atoms with Crippen molar-refractivity contribution >= 4 is 16.8 Å². The van der Waals surface area contributed by atoms with Gasteiger partial charge in [-0.1, -0.05) is 45.3 Å². The lowest BCUT2D eigenvalue weighted by molar-refractivity contribution is 0.0950. The molecule has 0 unspecified atom stereocenters. The van der Waals surface area contributed by atoms with Crippen molar-refractivity contribution in [3.8, 4) is 5.88 Å². The molecule has 1 aromatic heterocycles. The summed E-state index contributed by atoms with van der Waals surface area (Å²) < 4.78 is 74.3. The van der Waals surface area contributed by atoms with E-state index in [2.05, 4.69) is 15.2 Å². The minimum Gasteiger partial charge on any atom is -0.478 e. The van der Waals surface area contributed by atoms with E-state index in [1.54, 1.807) is 24.3 Å². The first-order valence-corrected chi connectivity index (χ1v) is 8.18. The molecule has 0 atom stereocenters. The fraction of sp³-hybridized carbons (Fsp3) is 0.500. The molecule has 0 spiro atoms. The fourth-order valence-electron chi connectivity index (χ4n) is 2.46. The van der Waals surface area contributed by atoms with Crippen molar-refractivity contribution < 1.29 is 21.9 Å². The number of likely N-dealkylation sites (N-methyl/N-ethyl adjacent to an activating group) is 1. The van der Waals surface area contributed by atoms with Gasteiger partial charge in [-0.3, -0.25) is 4.79 Å². The molecule has 2 rings (SSSR count). The normalized spacial score (nSPS) is 18.6. The summed E-state index contributed by atoms with van der Waals surface area (Å²) in [7, 11) is 0. The van der Waals surface area contributed by atoms with Gasteiger partial charge in [-0.15, -0.1) is 0 Å². The topological polar surface area (TPSA) is 54.5 Å². The van der Waals surface area contributed by atoms with Crippen molar-refractivity contribution in [2.45, 2.75) is 33.4 Å². The molecule has 0 bridgehead atoms. The number of nitrogens with zero attached hydrogens (tertiary/aromatic N) is 2. The van der Waals surface area contributed by atoms with Crippen molar-refractivity contribution in [3.63, 3.8) is 0 Å². The van der Waals surface area contributed by atoms with Gasteiger partial charge in [0.15, 0.2) is 0 Å². The van der Waals surface area contributed by atoms with Crippen molar-refractivity contribution in [1.29, 1.82) is 0 Å². The zero-order valence-electron chi connectivity index (χ0n) is 23.4. The lowest BCUT2D eigenvalue weighted by atomic mass is 10.1. The van der Waals surface area contributed by atoms with Crippen LogP contribution < -0.4 is 10.1 Å². The van der Waals surface area contributed by atoms with E-state index in [4.69, 9.17) is 17.1 Å². The van der Waals surface area contributed by atoms with Crippen molar-refractivity contribution in [2.24, 2.45) is 0 Å². The van der Waals surface area contributed by atoms with Gasteiger partial charge in [0, 0.05) is 34.1 Å². The van der Waals surface area contributed by atoms with Gasteiger partial charge in [0.1, 0.15) is 0 Å². The highest BCUT2D eigenvalue weighted by Crippen LogP contribution is 2.22. The van der Waals surface area contributed by atoms with Crippen molar-refractivity contribution in [3.05, 3.63) is 35.9 Å². The molecular weight excluding hydrogens is 314 g/mol. The Labute approximate surface area is 163 Å². The first kappa shape index (κ1) is 10.1. The number of carbonyl (C=O) groups is 1. The molecule has 0 saturated heterocycles. The summed E-state index contributed by atoms with van der Waals surface area (Å²) in [6.07, 6.45) is -7.17. The molecule has 0 aliphatic heterocycles. The Kier molecular flexibility index (Phi) is 4.04. The Morgan fingerprint density at radius 2 is 2.16 bits per heavy atom. The number of amides is 1. The Hall–Kier alpha value is -2.14. The second-order valence-electron chi connectivity index (χ2n) is 5.26. The second kappa shape index (κ2) is 9.99. The maximum Gasteiger partial charge on any atom is 0.252 e.